The second kappa shape index (κ2) is 22.0. The second-order valence-electron chi connectivity index (χ2n) is 16.8. The van der Waals surface area contributed by atoms with Gasteiger partial charge in [-0.3, -0.25) is 9.59 Å². The first-order valence-corrected chi connectivity index (χ1v) is 23.8. The summed E-state index contributed by atoms with van der Waals surface area (Å²) in [5, 5.41) is 8.22. The van der Waals surface area contributed by atoms with Crippen molar-refractivity contribution in [1.82, 2.24) is 0 Å². The SMILES string of the molecule is CCCCCC/C(=N/OC(=O)c1ccccc1)C(=O)c1ccc(Sc2ccc(-c3ccc(/C(=N\OC(C)=O)C(=O)c4ccc5c(c4)C(CCC)(CCC)c4ccccc4-5)c(C)c3)cc2)cc1. The average Bonchev–Trinajstić information content (AvgIpc) is 3.60. The third-order valence-corrected chi connectivity index (χ3v) is 13.2. The number of nitrogens with zero attached hydrogens (tertiary/aromatic N) is 2. The van der Waals surface area contributed by atoms with E-state index in [0.29, 0.717) is 28.7 Å². The lowest BCUT2D eigenvalue weighted by Gasteiger charge is -2.32. The van der Waals surface area contributed by atoms with Gasteiger partial charge in [0.2, 0.25) is 11.6 Å². The van der Waals surface area contributed by atoms with E-state index < -0.39 is 11.9 Å². The van der Waals surface area contributed by atoms with E-state index in [4.69, 9.17) is 9.68 Å². The molecule has 0 N–H and O–H groups in total. The molecule has 1 aliphatic carbocycles. The van der Waals surface area contributed by atoms with Crippen molar-refractivity contribution >= 4 is 46.7 Å². The Morgan fingerprint density at radius 2 is 1.20 bits per heavy atom. The Morgan fingerprint density at radius 1 is 0.561 bits per heavy atom. The fourth-order valence-corrected chi connectivity index (χ4v) is 9.83. The van der Waals surface area contributed by atoms with Crippen LogP contribution in [0.3, 0.4) is 0 Å². The van der Waals surface area contributed by atoms with Gasteiger partial charge in [-0.05, 0) is 126 Å². The van der Waals surface area contributed by atoms with Crippen LogP contribution in [0.25, 0.3) is 22.3 Å². The first-order chi connectivity index (χ1) is 32.1. The van der Waals surface area contributed by atoms with E-state index in [9.17, 15) is 19.2 Å². The van der Waals surface area contributed by atoms with Crippen LogP contribution in [0, 0.1) is 6.92 Å². The molecule has 0 fully saturated rings. The zero-order valence-corrected chi connectivity index (χ0v) is 39.2. The molecule has 8 nitrogen and oxygen atoms in total. The summed E-state index contributed by atoms with van der Waals surface area (Å²) in [6.07, 6.45) is 8.20. The van der Waals surface area contributed by atoms with Gasteiger partial charge in [-0.25, -0.2) is 9.59 Å². The van der Waals surface area contributed by atoms with Crippen molar-refractivity contribution in [3.05, 3.63) is 178 Å². The second-order valence-corrected chi connectivity index (χ2v) is 18.0. The third-order valence-electron chi connectivity index (χ3n) is 12.2. The molecule has 0 aliphatic heterocycles. The van der Waals surface area contributed by atoms with E-state index in [2.05, 4.69) is 61.4 Å². The van der Waals surface area contributed by atoms with Crippen molar-refractivity contribution in [2.45, 2.75) is 108 Å². The molecular formula is C57H56N2O6S. The maximum atomic E-state index is 14.5. The predicted molar refractivity (Wildman–Crippen MR) is 265 cm³/mol. The maximum absolute atomic E-state index is 14.5. The summed E-state index contributed by atoms with van der Waals surface area (Å²) in [6, 6.07) is 44.6. The Labute approximate surface area is 392 Å². The Morgan fingerprint density at radius 3 is 1.86 bits per heavy atom. The van der Waals surface area contributed by atoms with Crippen LogP contribution in [-0.2, 0) is 19.9 Å². The first-order valence-electron chi connectivity index (χ1n) is 23.0. The summed E-state index contributed by atoms with van der Waals surface area (Å²) in [5.74, 6) is -1.79. The number of fused-ring (bicyclic) bond motifs is 3. The van der Waals surface area contributed by atoms with Gasteiger partial charge in [-0.15, -0.1) is 0 Å². The number of ketones is 2. The number of benzene rings is 6. The highest BCUT2D eigenvalue weighted by atomic mass is 32.2. The van der Waals surface area contributed by atoms with Gasteiger partial charge in [0, 0.05) is 38.8 Å². The lowest BCUT2D eigenvalue weighted by Crippen LogP contribution is -2.26. The van der Waals surface area contributed by atoms with Crippen LogP contribution in [0.1, 0.15) is 139 Å². The molecule has 0 amide bonds. The van der Waals surface area contributed by atoms with Gasteiger partial charge in [0.05, 0.1) is 5.56 Å². The molecule has 66 heavy (non-hydrogen) atoms. The van der Waals surface area contributed by atoms with Gasteiger partial charge in [-0.1, -0.05) is 160 Å². The molecule has 7 rings (SSSR count). The molecule has 0 aromatic heterocycles. The number of unbranched alkanes of at least 4 members (excludes halogenated alkanes) is 3. The minimum absolute atomic E-state index is 0.0720. The van der Waals surface area contributed by atoms with Gasteiger partial charge in [0.1, 0.15) is 5.71 Å². The molecule has 0 saturated heterocycles. The van der Waals surface area contributed by atoms with E-state index in [1.165, 1.54) is 23.6 Å². The number of carbonyl (C=O) groups is 4. The van der Waals surface area contributed by atoms with Crippen LogP contribution < -0.4 is 0 Å². The molecule has 0 spiro atoms. The Kier molecular flexibility index (Phi) is 15.7. The normalized spacial score (nSPS) is 12.9. The largest absolute Gasteiger partial charge is 0.365 e. The molecule has 0 radical (unpaired) electrons. The fraction of sp³-hybridized carbons (Fsp3) is 0.263. The lowest BCUT2D eigenvalue weighted by molar-refractivity contribution is -0.140. The highest BCUT2D eigenvalue weighted by molar-refractivity contribution is 7.99. The number of hydrogen-bond acceptors (Lipinski definition) is 9. The van der Waals surface area contributed by atoms with Crippen LogP contribution in [0.5, 0.6) is 0 Å². The van der Waals surface area contributed by atoms with Crippen LogP contribution in [0.2, 0.25) is 0 Å². The van der Waals surface area contributed by atoms with Crippen molar-refractivity contribution in [1.29, 1.82) is 0 Å². The number of rotatable bonds is 20. The quantitative estimate of drug-likeness (QED) is 0.0247. The molecule has 6 aromatic rings. The Bertz CT molecular complexity index is 2770. The van der Waals surface area contributed by atoms with Gasteiger partial charge < -0.3 is 9.68 Å². The molecule has 336 valence electrons. The third kappa shape index (κ3) is 10.7. The Hall–Kier alpha value is -6.71. The van der Waals surface area contributed by atoms with Crippen LogP contribution >= 0.6 is 11.8 Å². The summed E-state index contributed by atoms with van der Waals surface area (Å²) in [6.45, 7) is 9.75. The summed E-state index contributed by atoms with van der Waals surface area (Å²) in [7, 11) is 0. The molecule has 0 saturated carbocycles. The van der Waals surface area contributed by atoms with E-state index in [-0.39, 0.29) is 28.4 Å². The number of Topliss-reactive ketones (excluding diaryl/α,β-unsaturated/α-hetero) is 2. The van der Waals surface area contributed by atoms with Gasteiger partial charge in [-0.2, -0.15) is 0 Å². The van der Waals surface area contributed by atoms with Gasteiger partial charge in [0.15, 0.2) is 5.71 Å². The standard InChI is InChI=1S/C57H56N2O6S/c1-6-9-10-14-21-52(58-65-56(63)42-17-12-11-13-18-42)54(61)41-24-30-46(31-25-41)66-45-28-22-40(23-29-45)43-26-32-47(38(4)36-43)53(59-64-39(5)60)55(62)44-27-33-49-48-19-15-16-20-50(48)57(34-7-2,35-8-3)51(49)37-44/h11-13,15-20,22-33,36-37H,6-10,14,21,34-35H2,1-5H3/b58-52-,59-53+. The number of aryl methyl sites for hydroxylation is 1. The Balaban J connectivity index is 1.06. The summed E-state index contributed by atoms with van der Waals surface area (Å²) < 4.78 is 0. The number of oxime groups is 2. The summed E-state index contributed by atoms with van der Waals surface area (Å²) in [5.41, 5.74) is 9.64. The average molecular weight is 897 g/mol. The topological polar surface area (TPSA) is 111 Å². The molecular weight excluding hydrogens is 841 g/mol. The molecule has 0 unspecified atom stereocenters. The predicted octanol–water partition coefficient (Wildman–Crippen LogP) is 14.2. The molecule has 1 aliphatic rings. The first kappa shape index (κ1) is 47.3. The van der Waals surface area contributed by atoms with Crippen molar-refractivity contribution in [3.8, 4) is 22.3 Å². The van der Waals surface area contributed by atoms with E-state index in [1.807, 2.05) is 79.7 Å². The van der Waals surface area contributed by atoms with Gasteiger partial charge >= 0.3 is 11.9 Å². The fourth-order valence-electron chi connectivity index (χ4n) is 9.02. The van der Waals surface area contributed by atoms with Crippen molar-refractivity contribution in [3.63, 3.8) is 0 Å². The lowest BCUT2D eigenvalue weighted by atomic mass is 9.71. The molecule has 0 atom stereocenters. The van der Waals surface area contributed by atoms with E-state index >= 15 is 0 Å². The molecule has 0 bridgehead atoms. The summed E-state index contributed by atoms with van der Waals surface area (Å²) >= 11 is 1.57. The molecule has 0 heterocycles. The van der Waals surface area contributed by atoms with Crippen molar-refractivity contribution in [2.75, 3.05) is 0 Å². The van der Waals surface area contributed by atoms with Crippen molar-refractivity contribution < 1.29 is 28.9 Å². The minimum Gasteiger partial charge on any atom is -0.318 e. The van der Waals surface area contributed by atoms with Crippen LogP contribution in [0.15, 0.2) is 160 Å². The number of carbonyl (C=O) groups excluding carboxylic acids is 4. The van der Waals surface area contributed by atoms with Gasteiger partial charge in [0.25, 0.3) is 0 Å². The zero-order chi connectivity index (χ0) is 46.6. The minimum atomic E-state index is -0.609. The van der Waals surface area contributed by atoms with Crippen molar-refractivity contribution in [2.24, 2.45) is 10.3 Å². The van der Waals surface area contributed by atoms with E-state index in [0.717, 1.165) is 83.4 Å². The van der Waals surface area contributed by atoms with E-state index in [1.54, 1.807) is 48.2 Å². The zero-order valence-electron chi connectivity index (χ0n) is 38.4. The maximum Gasteiger partial charge on any atom is 0.365 e. The van der Waals surface area contributed by atoms with Crippen LogP contribution in [-0.4, -0.2) is 34.9 Å². The monoisotopic (exact) mass is 896 g/mol. The highest BCUT2D eigenvalue weighted by Crippen LogP contribution is 2.54. The molecule has 6 aromatic carbocycles. The summed E-state index contributed by atoms with van der Waals surface area (Å²) in [4.78, 5) is 65.1. The molecule has 9 heteroatoms. The number of hydrogen-bond donors (Lipinski definition) is 0. The smallest absolute Gasteiger partial charge is 0.318 e. The van der Waals surface area contributed by atoms with Crippen LogP contribution in [0.4, 0.5) is 0 Å². The highest BCUT2D eigenvalue weighted by Gasteiger charge is 2.42.